The molecule has 6 nitrogen and oxygen atoms in total. The fourth-order valence-corrected chi connectivity index (χ4v) is 4.61. The summed E-state index contributed by atoms with van der Waals surface area (Å²) in [5.74, 6) is 1.06. The van der Waals surface area contributed by atoms with Gasteiger partial charge in [-0.05, 0) is 42.5 Å². The number of nitrogens with one attached hydrogen (secondary N) is 2. The average Bonchev–Trinajstić information content (AvgIpc) is 2.58. The first-order chi connectivity index (χ1) is 11.9. The summed E-state index contributed by atoms with van der Waals surface area (Å²) in [6, 6.07) is 5.18. The van der Waals surface area contributed by atoms with E-state index in [0.29, 0.717) is 31.2 Å². The van der Waals surface area contributed by atoms with Gasteiger partial charge in [0.1, 0.15) is 5.82 Å². The molecule has 2 N–H and O–H groups in total. The summed E-state index contributed by atoms with van der Waals surface area (Å²) in [5, 5.41) is 3.05. The second kappa shape index (κ2) is 7.29. The molecule has 2 aliphatic rings. The Balaban J connectivity index is 1.64. The lowest BCUT2D eigenvalue weighted by Gasteiger charge is -2.42. The minimum absolute atomic E-state index is 0.00978. The van der Waals surface area contributed by atoms with Gasteiger partial charge in [0.25, 0.3) is 10.0 Å². The van der Waals surface area contributed by atoms with E-state index in [1.54, 1.807) is 0 Å². The summed E-state index contributed by atoms with van der Waals surface area (Å²) in [6.07, 6.45) is 3.64. The van der Waals surface area contributed by atoms with Gasteiger partial charge in [-0.2, -0.15) is 0 Å². The maximum Gasteiger partial charge on any atom is 0.264 e. The highest BCUT2D eigenvalue weighted by atomic mass is 32.2. The number of aliphatic imine (C=N–C) groups is 1. The van der Waals surface area contributed by atoms with Crippen LogP contribution >= 0.6 is 0 Å². The highest BCUT2D eigenvalue weighted by molar-refractivity contribution is 7.90. The van der Waals surface area contributed by atoms with E-state index in [0.717, 1.165) is 18.6 Å². The maximum atomic E-state index is 13.0. The Kier molecular flexibility index (Phi) is 5.29. The summed E-state index contributed by atoms with van der Waals surface area (Å²) >= 11 is 0. The first-order valence-corrected chi connectivity index (χ1v) is 10.2. The molecule has 8 heteroatoms. The third-order valence-electron chi connectivity index (χ3n) is 5.35. The lowest BCUT2D eigenvalue weighted by molar-refractivity contribution is 0.0768. The van der Waals surface area contributed by atoms with Crippen molar-refractivity contribution in [3.63, 3.8) is 0 Å². The molecule has 1 aliphatic heterocycles. The zero-order valence-corrected chi connectivity index (χ0v) is 15.4. The Morgan fingerprint density at radius 3 is 2.60 bits per heavy atom. The first-order valence-electron chi connectivity index (χ1n) is 8.67. The van der Waals surface area contributed by atoms with Gasteiger partial charge in [-0.15, -0.1) is 0 Å². The maximum absolute atomic E-state index is 13.0. The molecular weight excluding hydrogens is 343 g/mol. The fraction of sp³-hybridized carbons (Fsp3) is 0.588. The molecule has 1 aromatic rings. The topological polar surface area (TPSA) is 73.8 Å². The fourth-order valence-electron chi connectivity index (χ4n) is 3.60. The minimum Gasteiger partial charge on any atom is -0.343 e. The Labute approximate surface area is 148 Å². The number of benzene rings is 1. The standard InChI is InChI=1S/C17H25FN4O2S/c1-12-4-3-5-16(13(12)2)22-10-19-17(20-11-22)21-25(23,24)15-8-6-14(18)7-9-15/h6-9,12-13,16H,3-5,10-11H2,1-2H3,(H2,19,20,21)/t12-,13+,16-/m1/s1. The van der Waals surface area contributed by atoms with E-state index in [9.17, 15) is 12.8 Å². The van der Waals surface area contributed by atoms with Crippen molar-refractivity contribution in [1.29, 1.82) is 0 Å². The lowest BCUT2D eigenvalue weighted by Crippen LogP contribution is -2.55. The minimum atomic E-state index is -3.77. The summed E-state index contributed by atoms with van der Waals surface area (Å²) in [6.45, 7) is 5.60. The molecule has 1 fully saturated rings. The quantitative estimate of drug-likeness (QED) is 0.857. The highest BCUT2D eigenvalue weighted by Crippen LogP contribution is 2.32. The van der Waals surface area contributed by atoms with Crippen LogP contribution in [0, 0.1) is 17.7 Å². The van der Waals surface area contributed by atoms with Gasteiger partial charge < -0.3 is 5.32 Å². The average molecular weight is 368 g/mol. The second-order valence-electron chi connectivity index (χ2n) is 6.97. The van der Waals surface area contributed by atoms with Crippen molar-refractivity contribution < 1.29 is 12.8 Å². The molecule has 1 saturated carbocycles. The lowest BCUT2D eigenvalue weighted by atomic mass is 9.77. The van der Waals surface area contributed by atoms with E-state index in [1.165, 1.54) is 25.0 Å². The van der Waals surface area contributed by atoms with Crippen LogP contribution in [0.2, 0.25) is 0 Å². The van der Waals surface area contributed by atoms with Crippen LogP contribution in [-0.2, 0) is 10.0 Å². The van der Waals surface area contributed by atoms with Crippen molar-refractivity contribution in [1.82, 2.24) is 14.9 Å². The van der Waals surface area contributed by atoms with Gasteiger partial charge in [0.15, 0.2) is 0 Å². The summed E-state index contributed by atoms with van der Waals surface area (Å²) in [7, 11) is -3.77. The highest BCUT2D eigenvalue weighted by Gasteiger charge is 2.32. The predicted molar refractivity (Wildman–Crippen MR) is 94.8 cm³/mol. The first kappa shape index (κ1) is 18.1. The summed E-state index contributed by atoms with van der Waals surface area (Å²) < 4.78 is 40.0. The van der Waals surface area contributed by atoms with Crippen molar-refractivity contribution in [2.75, 3.05) is 13.3 Å². The summed E-state index contributed by atoms with van der Waals surface area (Å²) in [5.41, 5.74) is 0. The van der Waals surface area contributed by atoms with Crippen LogP contribution in [0.5, 0.6) is 0 Å². The van der Waals surface area contributed by atoms with Crippen molar-refractivity contribution >= 4 is 16.0 Å². The monoisotopic (exact) mass is 368 g/mol. The van der Waals surface area contributed by atoms with Crippen molar-refractivity contribution in [2.24, 2.45) is 16.8 Å². The van der Waals surface area contributed by atoms with Gasteiger partial charge in [0, 0.05) is 6.04 Å². The molecular formula is C17H25FN4O2S. The zero-order valence-electron chi connectivity index (χ0n) is 14.6. The van der Waals surface area contributed by atoms with E-state index >= 15 is 0 Å². The van der Waals surface area contributed by atoms with Gasteiger partial charge in [0.05, 0.1) is 18.2 Å². The van der Waals surface area contributed by atoms with Gasteiger partial charge in [-0.25, -0.2) is 22.5 Å². The normalized spacial score (nSPS) is 28.1. The van der Waals surface area contributed by atoms with E-state index in [-0.39, 0.29) is 10.9 Å². The molecule has 1 heterocycles. The summed E-state index contributed by atoms with van der Waals surface area (Å²) in [4.78, 5) is 6.61. The molecule has 25 heavy (non-hydrogen) atoms. The van der Waals surface area contributed by atoms with Gasteiger partial charge in [0.2, 0.25) is 5.96 Å². The van der Waals surface area contributed by atoms with Crippen molar-refractivity contribution in [3.8, 4) is 0 Å². The SMILES string of the molecule is C[C@H]1[C@H](C)CCC[C@H]1N1CN=C(NS(=O)(=O)c2ccc(F)cc2)NC1. The largest absolute Gasteiger partial charge is 0.343 e. The smallest absolute Gasteiger partial charge is 0.264 e. The number of sulfonamides is 1. The molecule has 0 unspecified atom stereocenters. The van der Waals surface area contributed by atoms with Crippen LogP contribution in [0.4, 0.5) is 4.39 Å². The van der Waals surface area contributed by atoms with E-state index in [1.807, 2.05) is 0 Å². The molecule has 3 atom stereocenters. The van der Waals surface area contributed by atoms with Crippen LogP contribution in [0.1, 0.15) is 33.1 Å². The molecule has 0 saturated heterocycles. The van der Waals surface area contributed by atoms with Crippen molar-refractivity contribution in [2.45, 2.75) is 44.0 Å². The molecule has 0 spiro atoms. The Hall–Kier alpha value is -1.67. The molecule has 0 radical (unpaired) electrons. The van der Waals surface area contributed by atoms with Crippen LogP contribution < -0.4 is 10.0 Å². The van der Waals surface area contributed by atoms with Crippen LogP contribution in [-0.4, -0.2) is 38.7 Å². The van der Waals surface area contributed by atoms with Crippen molar-refractivity contribution in [3.05, 3.63) is 30.1 Å². The van der Waals surface area contributed by atoms with Crippen LogP contribution in [0.25, 0.3) is 0 Å². The van der Waals surface area contributed by atoms with Gasteiger partial charge >= 0.3 is 0 Å². The number of halogens is 1. The van der Waals surface area contributed by atoms with Gasteiger partial charge in [-0.3, -0.25) is 4.90 Å². The number of nitrogens with zero attached hydrogens (tertiary/aromatic N) is 2. The molecule has 0 amide bonds. The molecule has 0 bridgehead atoms. The van der Waals surface area contributed by atoms with Crippen LogP contribution in [0.3, 0.4) is 0 Å². The van der Waals surface area contributed by atoms with Crippen LogP contribution in [0.15, 0.2) is 34.2 Å². The second-order valence-corrected chi connectivity index (χ2v) is 8.65. The predicted octanol–water partition coefficient (Wildman–Crippen LogP) is 2.10. The molecule has 0 aromatic heterocycles. The van der Waals surface area contributed by atoms with E-state index < -0.39 is 15.8 Å². The number of guanidine groups is 1. The number of hydrogen-bond donors (Lipinski definition) is 2. The van der Waals surface area contributed by atoms with Gasteiger partial charge in [-0.1, -0.05) is 26.7 Å². The Morgan fingerprint density at radius 1 is 1.24 bits per heavy atom. The van der Waals surface area contributed by atoms with E-state index in [4.69, 9.17) is 0 Å². The Bertz CT molecular complexity index is 736. The zero-order chi connectivity index (χ0) is 18.0. The molecule has 1 aromatic carbocycles. The Morgan fingerprint density at radius 2 is 1.96 bits per heavy atom. The number of hydrogen-bond acceptors (Lipinski definition) is 5. The van der Waals surface area contributed by atoms with E-state index in [2.05, 4.69) is 33.8 Å². The third kappa shape index (κ3) is 4.12. The number of rotatable bonds is 3. The third-order valence-corrected chi connectivity index (χ3v) is 6.70. The molecule has 138 valence electrons. The molecule has 3 rings (SSSR count). The molecule has 1 aliphatic carbocycles.